The summed E-state index contributed by atoms with van der Waals surface area (Å²) in [5, 5.41) is 9.03. The monoisotopic (exact) mass is 235 g/mol. The van der Waals surface area contributed by atoms with Crippen LogP contribution in [0.3, 0.4) is 0 Å². The molecule has 0 saturated carbocycles. The van der Waals surface area contributed by atoms with Gasteiger partial charge < -0.3 is 4.74 Å². The van der Waals surface area contributed by atoms with Crippen molar-refractivity contribution in [1.29, 1.82) is 5.26 Å². The van der Waals surface area contributed by atoms with Gasteiger partial charge in [-0.05, 0) is 25.0 Å². The molecule has 1 aromatic rings. The smallest absolute Gasteiger partial charge is 0.310 e. The fraction of sp³-hybridized carbons (Fsp3) is 0.385. The summed E-state index contributed by atoms with van der Waals surface area (Å²) in [6, 6.07) is 4.81. The van der Waals surface area contributed by atoms with E-state index in [9.17, 15) is 9.18 Å². The van der Waals surface area contributed by atoms with Crippen LogP contribution < -0.4 is 0 Å². The molecule has 0 saturated heterocycles. The first-order valence-electron chi connectivity index (χ1n) is 5.50. The number of hydrogen-bond acceptors (Lipinski definition) is 3. The van der Waals surface area contributed by atoms with Gasteiger partial charge in [-0.2, -0.15) is 5.26 Å². The highest BCUT2D eigenvalue weighted by Gasteiger charge is 2.16. The molecule has 4 heteroatoms. The summed E-state index contributed by atoms with van der Waals surface area (Å²) in [6.07, 6.45) is 0.426. The van der Waals surface area contributed by atoms with Gasteiger partial charge in [0, 0.05) is 5.56 Å². The Morgan fingerprint density at radius 1 is 1.47 bits per heavy atom. The Morgan fingerprint density at radius 3 is 2.71 bits per heavy atom. The van der Waals surface area contributed by atoms with E-state index < -0.39 is 11.8 Å². The molecule has 0 fully saturated rings. The number of ether oxygens (including phenoxy) is 1. The van der Waals surface area contributed by atoms with Gasteiger partial charge in [-0.25, -0.2) is 4.39 Å². The molecule has 90 valence electrons. The molecule has 0 spiro atoms. The Hall–Kier alpha value is -1.89. The third kappa shape index (κ3) is 3.04. The van der Waals surface area contributed by atoms with Crippen molar-refractivity contribution >= 4 is 5.97 Å². The van der Waals surface area contributed by atoms with E-state index in [1.807, 2.05) is 13.0 Å². The van der Waals surface area contributed by atoms with Crippen LogP contribution in [0.5, 0.6) is 0 Å². The summed E-state index contributed by atoms with van der Waals surface area (Å²) in [6.45, 7) is 3.81. The van der Waals surface area contributed by atoms with E-state index in [-0.39, 0.29) is 24.2 Å². The topological polar surface area (TPSA) is 50.1 Å². The van der Waals surface area contributed by atoms with Gasteiger partial charge in [0.15, 0.2) is 0 Å². The minimum Gasteiger partial charge on any atom is -0.466 e. The summed E-state index contributed by atoms with van der Waals surface area (Å²) in [7, 11) is 0. The van der Waals surface area contributed by atoms with Crippen molar-refractivity contribution in [2.24, 2.45) is 0 Å². The Morgan fingerprint density at radius 2 is 2.18 bits per heavy atom. The standard InChI is InChI=1S/C13H14FNO2/c1-3-9-5-6-12(14)10(11(9)8-15)7-13(16)17-4-2/h5-6H,3-4,7H2,1-2H3. The Bertz CT molecular complexity index is 463. The van der Waals surface area contributed by atoms with Crippen molar-refractivity contribution < 1.29 is 13.9 Å². The number of halogens is 1. The van der Waals surface area contributed by atoms with Gasteiger partial charge in [0.1, 0.15) is 5.82 Å². The second-order valence-corrected chi connectivity index (χ2v) is 3.51. The lowest BCUT2D eigenvalue weighted by Crippen LogP contribution is -2.11. The number of esters is 1. The number of hydrogen-bond donors (Lipinski definition) is 0. The second kappa shape index (κ2) is 6.00. The van der Waals surface area contributed by atoms with Gasteiger partial charge in [0.05, 0.1) is 24.7 Å². The van der Waals surface area contributed by atoms with E-state index in [0.717, 1.165) is 5.56 Å². The average molecular weight is 235 g/mol. The van der Waals surface area contributed by atoms with Crippen molar-refractivity contribution in [3.8, 4) is 6.07 Å². The largest absolute Gasteiger partial charge is 0.466 e. The van der Waals surface area contributed by atoms with Crippen molar-refractivity contribution in [2.45, 2.75) is 26.7 Å². The van der Waals surface area contributed by atoms with Gasteiger partial charge >= 0.3 is 5.97 Å². The SMILES string of the molecule is CCOC(=O)Cc1c(F)ccc(CC)c1C#N. The maximum Gasteiger partial charge on any atom is 0.310 e. The molecule has 0 heterocycles. The zero-order valence-electron chi connectivity index (χ0n) is 9.92. The summed E-state index contributed by atoms with van der Waals surface area (Å²) in [4.78, 5) is 11.3. The highest BCUT2D eigenvalue weighted by Crippen LogP contribution is 2.19. The number of rotatable bonds is 4. The molecule has 17 heavy (non-hydrogen) atoms. The van der Waals surface area contributed by atoms with Crippen LogP contribution in [0.2, 0.25) is 0 Å². The minimum atomic E-state index is -0.535. The molecule has 0 bridgehead atoms. The van der Waals surface area contributed by atoms with Gasteiger partial charge in [0.2, 0.25) is 0 Å². The van der Waals surface area contributed by atoms with Crippen LogP contribution in [0.1, 0.15) is 30.5 Å². The average Bonchev–Trinajstić information content (AvgIpc) is 2.31. The van der Waals surface area contributed by atoms with Crippen LogP contribution in [0.4, 0.5) is 4.39 Å². The third-order valence-corrected chi connectivity index (χ3v) is 2.46. The van der Waals surface area contributed by atoms with Crippen LogP contribution >= 0.6 is 0 Å². The highest BCUT2D eigenvalue weighted by atomic mass is 19.1. The maximum absolute atomic E-state index is 13.6. The molecule has 0 N–H and O–H groups in total. The number of carbonyl (C=O) groups is 1. The zero-order chi connectivity index (χ0) is 12.8. The lowest BCUT2D eigenvalue weighted by Gasteiger charge is -2.09. The molecule has 3 nitrogen and oxygen atoms in total. The van der Waals surface area contributed by atoms with E-state index in [1.165, 1.54) is 6.07 Å². The van der Waals surface area contributed by atoms with Gasteiger partial charge in [-0.3, -0.25) is 4.79 Å². The third-order valence-electron chi connectivity index (χ3n) is 2.46. The molecular weight excluding hydrogens is 221 g/mol. The molecule has 0 unspecified atom stereocenters. The first kappa shape index (κ1) is 13.2. The van der Waals surface area contributed by atoms with Gasteiger partial charge in [-0.15, -0.1) is 0 Å². The van der Waals surface area contributed by atoms with E-state index in [2.05, 4.69) is 0 Å². The molecular formula is C13H14FNO2. The fourth-order valence-electron chi connectivity index (χ4n) is 1.63. The fourth-order valence-corrected chi connectivity index (χ4v) is 1.63. The number of aryl methyl sites for hydroxylation is 1. The van der Waals surface area contributed by atoms with E-state index >= 15 is 0 Å². The molecule has 1 rings (SSSR count). The molecule has 0 radical (unpaired) electrons. The lowest BCUT2D eigenvalue weighted by molar-refractivity contribution is -0.142. The van der Waals surface area contributed by atoms with E-state index in [0.29, 0.717) is 6.42 Å². The van der Waals surface area contributed by atoms with Crippen LogP contribution in [0, 0.1) is 17.1 Å². The first-order valence-corrected chi connectivity index (χ1v) is 5.50. The Kier molecular flexibility index (Phi) is 4.65. The summed E-state index contributed by atoms with van der Waals surface area (Å²) in [5.74, 6) is -1.05. The maximum atomic E-state index is 13.6. The van der Waals surface area contributed by atoms with Crippen molar-refractivity contribution in [2.75, 3.05) is 6.61 Å². The zero-order valence-corrected chi connectivity index (χ0v) is 9.92. The van der Waals surface area contributed by atoms with Crippen LogP contribution in [-0.2, 0) is 22.4 Å². The predicted molar refractivity (Wildman–Crippen MR) is 60.8 cm³/mol. The molecule has 0 atom stereocenters. The van der Waals surface area contributed by atoms with Crippen LogP contribution in [0.25, 0.3) is 0 Å². The van der Waals surface area contributed by atoms with Crippen LogP contribution in [0.15, 0.2) is 12.1 Å². The number of nitrogens with zero attached hydrogens (tertiary/aromatic N) is 1. The number of carbonyl (C=O) groups excluding carboxylic acids is 1. The molecule has 0 aromatic heterocycles. The second-order valence-electron chi connectivity index (χ2n) is 3.51. The van der Waals surface area contributed by atoms with Crippen molar-refractivity contribution in [3.63, 3.8) is 0 Å². The molecule has 0 amide bonds. The summed E-state index contributed by atoms with van der Waals surface area (Å²) in [5.41, 5.74) is 1.12. The number of nitriles is 1. The normalized spacial score (nSPS) is 9.76. The Balaban J connectivity index is 3.13. The summed E-state index contributed by atoms with van der Waals surface area (Å²) >= 11 is 0. The molecule has 0 aliphatic rings. The van der Waals surface area contributed by atoms with Crippen molar-refractivity contribution in [3.05, 3.63) is 34.6 Å². The van der Waals surface area contributed by atoms with Gasteiger partial charge in [-0.1, -0.05) is 13.0 Å². The lowest BCUT2D eigenvalue weighted by atomic mass is 9.97. The predicted octanol–water partition coefficient (Wildman–Crippen LogP) is 2.37. The number of benzene rings is 1. The quantitative estimate of drug-likeness (QED) is 0.753. The van der Waals surface area contributed by atoms with Gasteiger partial charge in [0.25, 0.3) is 0 Å². The van der Waals surface area contributed by atoms with Crippen molar-refractivity contribution in [1.82, 2.24) is 0 Å². The van der Waals surface area contributed by atoms with E-state index in [1.54, 1.807) is 13.0 Å². The minimum absolute atomic E-state index is 0.130. The highest BCUT2D eigenvalue weighted by molar-refractivity contribution is 5.74. The summed E-state index contributed by atoms with van der Waals surface area (Å²) < 4.78 is 18.4. The first-order chi connectivity index (χ1) is 8.13. The molecule has 0 aliphatic heterocycles. The molecule has 0 aliphatic carbocycles. The molecule has 1 aromatic carbocycles. The van der Waals surface area contributed by atoms with E-state index in [4.69, 9.17) is 10.00 Å². The van der Waals surface area contributed by atoms with Crippen LogP contribution in [-0.4, -0.2) is 12.6 Å². The Labute approximate surface area is 99.8 Å².